The van der Waals surface area contributed by atoms with E-state index in [4.69, 9.17) is 0 Å². The summed E-state index contributed by atoms with van der Waals surface area (Å²) in [6.07, 6.45) is 14.6. The number of rotatable bonds is 9. The average molecular weight is 397 g/mol. The van der Waals surface area contributed by atoms with Crippen LogP contribution in [0.5, 0.6) is 0 Å². The van der Waals surface area contributed by atoms with Gasteiger partial charge in [-0.15, -0.1) is 0 Å². The number of fused-ring (bicyclic) bond motifs is 8. The van der Waals surface area contributed by atoms with Gasteiger partial charge >= 0.3 is 0 Å². The van der Waals surface area contributed by atoms with Crippen molar-refractivity contribution >= 4 is 5.78 Å². The van der Waals surface area contributed by atoms with Crippen molar-refractivity contribution in [2.75, 3.05) is 0 Å². The molecule has 0 aromatic heterocycles. The lowest BCUT2D eigenvalue weighted by molar-refractivity contribution is -0.183. The molecule has 4 fully saturated rings. The number of Topliss-reactive ketones (excluding diaryl/α,β-unsaturated/α-hetero) is 1. The average Bonchev–Trinajstić information content (AvgIpc) is 3.21. The van der Waals surface area contributed by atoms with Crippen LogP contribution in [-0.2, 0) is 4.79 Å². The van der Waals surface area contributed by atoms with E-state index in [9.17, 15) is 4.79 Å². The quantitative estimate of drug-likeness (QED) is 0.287. The van der Waals surface area contributed by atoms with Crippen LogP contribution in [0.4, 0.5) is 0 Å². The highest BCUT2D eigenvalue weighted by molar-refractivity contribution is 5.76. The molecule has 29 heavy (non-hydrogen) atoms. The van der Waals surface area contributed by atoms with Crippen molar-refractivity contribution in [3.63, 3.8) is 0 Å². The summed E-state index contributed by atoms with van der Waals surface area (Å²) in [6, 6.07) is 0. The van der Waals surface area contributed by atoms with Gasteiger partial charge < -0.3 is 4.79 Å². The molecule has 4 saturated carbocycles. The first-order valence-electron chi connectivity index (χ1n) is 12.9. The topological polar surface area (TPSA) is 17.1 Å². The Labute approximate surface area is 179 Å². The van der Waals surface area contributed by atoms with E-state index in [1.54, 1.807) is 23.6 Å². The molecule has 5 aliphatic rings. The van der Waals surface area contributed by atoms with Crippen molar-refractivity contribution in [1.29, 1.82) is 0 Å². The standard InChI is InChI=1S/C26H38O.C2H6/c1-4-17-9-10-18(17)8-6-5-7-15(2)21-12-20-13-22(21)26-24-19(11-16(3)27)14-23(24)25(20)26;1-2/h19-26H,2,4-14H2,1,3H3;1-2H3. The van der Waals surface area contributed by atoms with Crippen LogP contribution >= 0.6 is 0 Å². The molecule has 0 spiro atoms. The molecule has 1 heteroatoms. The molecule has 5 rings (SSSR count). The molecule has 0 heterocycles. The maximum Gasteiger partial charge on any atom is 0.130 e. The van der Waals surface area contributed by atoms with Crippen molar-refractivity contribution < 1.29 is 4.79 Å². The third-order valence-electron chi connectivity index (χ3n) is 9.64. The van der Waals surface area contributed by atoms with Gasteiger partial charge in [-0.2, -0.15) is 0 Å². The second kappa shape index (κ2) is 8.72. The van der Waals surface area contributed by atoms with Crippen LogP contribution in [-0.4, -0.2) is 5.78 Å². The highest BCUT2D eigenvalue weighted by Crippen LogP contribution is 2.75. The van der Waals surface area contributed by atoms with E-state index in [-0.39, 0.29) is 0 Å². The Kier molecular flexibility index (Phi) is 6.43. The molecule has 0 aromatic rings. The molecule has 162 valence electrons. The summed E-state index contributed by atoms with van der Waals surface area (Å²) in [6.45, 7) is 12.7. The first kappa shape index (κ1) is 21.4. The molecule has 0 aliphatic heterocycles. The lowest BCUT2D eigenvalue weighted by atomic mass is 9.38. The number of hydrogen-bond donors (Lipinski definition) is 0. The van der Waals surface area contributed by atoms with Gasteiger partial charge in [0.15, 0.2) is 0 Å². The van der Waals surface area contributed by atoms with Gasteiger partial charge in [0, 0.05) is 6.42 Å². The molecule has 8 unspecified atom stereocenters. The molecule has 0 N–H and O–H groups in total. The highest BCUT2D eigenvalue weighted by atomic mass is 16.1. The van der Waals surface area contributed by atoms with Gasteiger partial charge in [0.1, 0.15) is 5.78 Å². The number of ketones is 1. The van der Waals surface area contributed by atoms with E-state index in [0.717, 1.165) is 53.8 Å². The third-order valence-corrected chi connectivity index (χ3v) is 9.64. The summed E-state index contributed by atoms with van der Waals surface area (Å²) in [5, 5.41) is 0. The first-order chi connectivity index (χ1) is 14.1. The van der Waals surface area contributed by atoms with Crippen LogP contribution < -0.4 is 0 Å². The SMILES string of the molecule is C=C(CCCCC1=C(CC)CC1)C1CC2CC1C1C3C(CC(C)=O)CC3C21.CC. The number of carbonyl (C=O) groups is 1. The number of hydrogen-bond acceptors (Lipinski definition) is 1. The van der Waals surface area contributed by atoms with Crippen molar-refractivity contribution in [3.8, 4) is 0 Å². The molecular formula is C28H44O. The van der Waals surface area contributed by atoms with Crippen molar-refractivity contribution in [3.05, 3.63) is 23.3 Å². The van der Waals surface area contributed by atoms with Crippen LogP contribution in [0, 0.1) is 47.3 Å². The van der Waals surface area contributed by atoms with Crippen LogP contribution in [0.25, 0.3) is 0 Å². The van der Waals surface area contributed by atoms with E-state index < -0.39 is 0 Å². The molecule has 0 amide bonds. The minimum atomic E-state index is 0.416. The fourth-order valence-electron chi connectivity index (χ4n) is 8.45. The predicted molar refractivity (Wildman–Crippen MR) is 123 cm³/mol. The summed E-state index contributed by atoms with van der Waals surface area (Å²) >= 11 is 0. The maximum absolute atomic E-state index is 11.6. The summed E-state index contributed by atoms with van der Waals surface area (Å²) in [7, 11) is 0. The second-order valence-electron chi connectivity index (χ2n) is 10.7. The molecule has 0 radical (unpaired) electrons. The van der Waals surface area contributed by atoms with E-state index in [0.29, 0.717) is 5.78 Å². The van der Waals surface area contributed by atoms with Gasteiger partial charge in [-0.3, -0.25) is 0 Å². The zero-order valence-electron chi connectivity index (χ0n) is 19.5. The van der Waals surface area contributed by atoms with Gasteiger partial charge in [-0.05, 0) is 118 Å². The van der Waals surface area contributed by atoms with E-state index in [1.807, 2.05) is 13.8 Å². The second-order valence-corrected chi connectivity index (χ2v) is 10.7. The van der Waals surface area contributed by atoms with Crippen molar-refractivity contribution in [2.45, 2.75) is 98.3 Å². The lowest BCUT2D eigenvalue weighted by Gasteiger charge is -2.66. The zero-order valence-corrected chi connectivity index (χ0v) is 19.5. The Balaban J connectivity index is 0.000000994. The Hall–Kier alpha value is -0.850. The highest BCUT2D eigenvalue weighted by Gasteiger charge is 2.70. The molecular weight excluding hydrogens is 352 g/mol. The normalized spacial score (nSPS) is 40.7. The van der Waals surface area contributed by atoms with E-state index in [1.165, 1.54) is 64.2 Å². The number of allylic oxidation sites excluding steroid dienone is 3. The summed E-state index contributed by atoms with van der Waals surface area (Å²) in [4.78, 5) is 11.6. The van der Waals surface area contributed by atoms with Crippen molar-refractivity contribution in [2.24, 2.45) is 47.3 Å². The van der Waals surface area contributed by atoms with E-state index >= 15 is 0 Å². The fraction of sp³-hybridized carbons (Fsp3) is 0.821. The minimum absolute atomic E-state index is 0.416. The van der Waals surface area contributed by atoms with Gasteiger partial charge in [0.05, 0.1) is 0 Å². The zero-order chi connectivity index (χ0) is 20.7. The summed E-state index contributed by atoms with van der Waals surface area (Å²) < 4.78 is 0. The monoisotopic (exact) mass is 396 g/mol. The molecule has 1 nitrogen and oxygen atoms in total. The van der Waals surface area contributed by atoms with Crippen molar-refractivity contribution in [1.82, 2.24) is 0 Å². The Morgan fingerprint density at radius 3 is 2.38 bits per heavy atom. The Morgan fingerprint density at radius 1 is 0.966 bits per heavy atom. The maximum atomic E-state index is 11.6. The Bertz CT molecular complexity index is 670. The summed E-state index contributed by atoms with van der Waals surface area (Å²) in [5.41, 5.74) is 5.13. The molecule has 8 atom stereocenters. The summed E-state index contributed by atoms with van der Waals surface area (Å²) in [5.74, 6) is 7.87. The molecule has 0 aromatic carbocycles. The van der Waals surface area contributed by atoms with Gasteiger partial charge in [0.2, 0.25) is 0 Å². The van der Waals surface area contributed by atoms with Gasteiger partial charge in [-0.25, -0.2) is 0 Å². The Morgan fingerprint density at radius 2 is 1.72 bits per heavy atom. The third kappa shape index (κ3) is 3.59. The number of unbranched alkanes of at least 4 members (excludes halogenated alkanes) is 1. The number of carbonyl (C=O) groups excluding carboxylic acids is 1. The largest absolute Gasteiger partial charge is 0.300 e. The molecule has 2 bridgehead atoms. The predicted octanol–water partition coefficient (Wildman–Crippen LogP) is 7.76. The molecule has 0 saturated heterocycles. The minimum Gasteiger partial charge on any atom is -0.300 e. The van der Waals surface area contributed by atoms with Crippen LogP contribution in [0.1, 0.15) is 98.3 Å². The fourth-order valence-corrected chi connectivity index (χ4v) is 8.45. The smallest absolute Gasteiger partial charge is 0.130 e. The first-order valence-corrected chi connectivity index (χ1v) is 12.9. The van der Waals surface area contributed by atoms with Crippen LogP contribution in [0.2, 0.25) is 0 Å². The van der Waals surface area contributed by atoms with Crippen LogP contribution in [0.15, 0.2) is 23.3 Å². The van der Waals surface area contributed by atoms with E-state index in [2.05, 4.69) is 13.5 Å². The van der Waals surface area contributed by atoms with Gasteiger partial charge in [-0.1, -0.05) is 44.1 Å². The lowest BCUT2D eigenvalue weighted by Crippen LogP contribution is -2.61. The van der Waals surface area contributed by atoms with Gasteiger partial charge in [0.25, 0.3) is 0 Å². The van der Waals surface area contributed by atoms with Crippen LogP contribution in [0.3, 0.4) is 0 Å². The molecule has 5 aliphatic carbocycles.